The highest BCUT2D eigenvalue weighted by Crippen LogP contribution is 2.36. The van der Waals surface area contributed by atoms with Crippen LogP contribution >= 0.6 is 23.2 Å². The van der Waals surface area contributed by atoms with Crippen molar-refractivity contribution in [3.8, 4) is 22.6 Å². The number of aromatic nitrogens is 1. The van der Waals surface area contributed by atoms with Crippen molar-refractivity contribution >= 4 is 34.9 Å². The number of hydrogen-bond donors (Lipinski definition) is 2. The molecule has 4 aromatic rings. The molecule has 8 nitrogen and oxygen atoms in total. The molecule has 1 atom stereocenters. The van der Waals surface area contributed by atoms with E-state index in [1.165, 1.54) is 23.5 Å². The minimum absolute atomic E-state index is 0.120. The van der Waals surface area contributed by atoms with Crippen LogP contribution in [0.5, 0.6) is 11.5 Å². The summed E-state index contributed by atoms with van der Waals surface area (Å²) in [7, 11) is 0. The zero-order valence-electron chi connectivity index (χ0n) is 23.5. The molecule has 2 N–H and O–H groups in total. The summed E-state index contributed by atoms with van der Waals surface area (Å²) in [5.74, 6) is 2.11. The van der Waals surface area contributed by atoms with Crippen LogP contribution in [0.25, 0.3) is 11.1 Å². The number of fused-ring (bicyclic) bond motifs is 1. The molecule has 2 aliphatic rings. The Labute approximate surface area is 260 Å². The molecule has 0 aliphatic carbocycles. The number of halogens is 2. The molecule has 3 aromatic carbocycles. The summed E-state index contributed by atoms with van der Waals surface area (Å²) in [4.78, 5) is 15.4. The molecule has 10 heteroatoms. The molecular formula is C33H32Cl2N4O4. The summed E-state index contributed by atoms with van der Waals surface area (Å²) in [6, 6.07) is 22.8. The van der Waals surface area contributed by atoms with Gasteiger partial charge in [-0.3, -0.25) is 4.90 Å². The van der Waals surface area contributed by atoms with Gasteiger partial charge in [0, 0.05) is 46.9 Å². The molecule has 43 heavy (non-hydrogen) atoms. The van der Waals surface area contributed by atoms with Crippen LogP contribution in [-0.2, 0) is 6.54 Å². The van der Waals surface area contributed by atoms with Gasteiger partial charge in [0.25, 0.3) is 0 Å². The van der Waals surface area contributed by atoms with Gasteiger partial charge < -0.3 is 25.3 Å². The first kappa shape index (κ1) is 29.1. The number of pyridine rings is 1. The largest absolute Gasteiger partial charge is 0.619 e. The van der Waals surface area contributed by atoms with E-state index in [0.717, 1.165) is 59.8 Å². The third-order valence-electron chi connectivity index (χ3n) is 8.12. The number of ether oxygens (including phenoxy) is 2. The molecule has 222 valence electrons. The molecule has 6 rings (SSSR count). The normalized spacial score (nSPS) is 15.7. The highest BCUT2D eigenvalue weighted by molar-refractivity contribution is 6.35. The Morgan fingerprint density at radius 3 is 2.30 bits per heavy atom. The lowest BCUT2D eigenvalue weighted by Gasteiger charge is -2.36. The SMILES string of the molecule is O=C(NCC(c1ccc(-c2cc[n+]([O-])cc2)cc1)C1CCN(Cc2ccc3c(c2)OCO3)CC1)Nc1cc(Cl)cc(Cl)c1. The minimum atomic E-state index is -0.310. The predicted octanol–water partition coefficient (Wildman–Crippen LogP) is 6.84. The fourth-order valence-electron chi connectivity index (χ4n) is 5.90. The first-order valence-corrected chi connectivity index (χ1v) is 15.1. The third-order valence-corrected chi connectivity index (χ3v) is 8.56. The van der Waals surface area contributed by atoms with Gasteiger partial charge in [-0.2, -0.15) is 4.73 Å². The van der Waals surface area contributed by atoms with E-state index >= 15 is 0 Å². The molecule has 1 aromatic heterocycles. The monoisotopic (exact) mass is 618 g/mol. The van der Waals surface area contributed by atoms with Crippen LogP contribution in [0.15, 0.2) is 85.2 Å². The van der Waals surface area contributed by atoms with Gasteiger partial charge >= 0.3 is 6.03 Å². The number of piperidine rings is 1. The molecular weight excluding hydrogens is 587 g/mol. The van der Waals surface area contributed by atoms with Crippen molar-refractivity contribution in [1.82, 2.24) is 10.2 Å². The van der Waals surface area contributed by atoms with Crippen molar-refractivity contribution in [3.63, 3.8) is 0 Å². The van der Waals surface area contributed by atoms with Crippen molar-refractivity contribution < 1.29 is 19.0 Å². The van der Waals surface area contributed by atoms with Gasteiger partial charge in [-0.1, -0.05) is 53.5 Å². The van der Waals surface area contributed by atoms with Crippen LogP contribution in [0.3, 0.4) is 0 Å². The maximum atomic E-state index is 12.9. The van der Waals surface area contributed by atoms with Gasteiger partial charge in [0.15, 0.2) is 23.9 Å². The lowest BCUT2D eigenvalue weighted by molar-refractivity contribution is -0.605. The number of rotatable bonds is 8. The minimum Gasteiger partial charge on any atom is -0.619 e. The second-order valence-electron chi connectivity index (χ2n) is 11.0. The number of anilines is 1. The van der Waals surface area contributed by atoms with Crippen molar-refractivity contribution in [2.24, 2.45) is 5.92 Å². The van der Waals surface area contributed by atoms with Gasteiger partial charge in [0.05, 0.1) is 0 Å². The smallest absolute Gasteiger partial charge is 0.319 e. The van der Waals surface area contributed by atoms with Crippen molar-refractivity contribution in [2.75, 3.05) is 31.7 Å². The van der Waals surface area contributed by atoms with Crippen molar-refractivity contribution in [3.05, 3.63) is 112 Å². The topological polar surface area (TPSA) is 89.8 Å². The Morgan fingerprint density at radius 1 is 0.907 bits per heavy atom. The molecule has 3 heterocycles. The second kappa shape index (κ2) is 13.1. The lowest BCUT2D eigenvalue weighted by Crippen LogP contribution is -2.39. The molecule has 1 fully saturated rings. The van der Waals surface area contributed by atoms with E-state index in [1.807, 2.05) is 18.2 Å². The van der Waals surface area contributed by atoms with Gasteiger partial charge in [-0.25, -0.2) is 4.79 Å². The summed E-state index contributed by atoms with van der Waals surface area (Å²) in [5, 5.41) is 18.3. The lowest BCUT2D eigenvalue weighted by atomic mass is 9.79. The Balaban J connectivity index is 1.13. The van der Waals surface area contributed by atoms with Crippen LogP contribution in [0.1, 0.15) is 29.9 Å². The van der Waals surface area contributed by atoms with Gasteiger partial charge in [0.1, 0.15) is 0 Å². The highest BCUT2D eigenvalue weighted by Gasteiger charge is 2.28. The van der Waals surface area contributed by atoms with Crippen LogP contribution in [0, 0.1) is 11.1 Å². The Hall–Kier alpha value is -3.98. The Kier molecular flexibility index (Phi) is 8.88. The molecule has 0 saturated carbocycles. The molecule has 1 saturated heterocycles. The van der Waals surface area contributed by atoms with E-state index < -0.39 is 0 Å². The number of carbonyl (C=O) groups is 1. The molecule has 0 spiro atoms. The summed E-state index contributed by atoms with van der Waals surface area (Å²) < 4.78 is 11.8. The molecule has 0 radical (unpaired) electrons. The average Bonchev–Trinajstić information content (AvgIpc) is 3.46. The van der Waals surface area contributed by atoms with E-state index in [9.17, 15) is 10.0 Å². The predicted molar refractivity (Wildman–Crippen MR) is 168 cm³/mol. The number of likely N-dealkylation sites (tertiary alicyclic amines) is 1. The molecule has 2 amide bonds. The van der Waals surface area contributed by atoms with E-state index in [2.05, 4.69) is 51.9 Å². The number of urea groups is 1. The fraction of sp³-hybridized carbons (Fsp3) is 0.273. The molecule has 0 bridgehead atoms. The van der Waals surface area contributed by atoms with Crippen LogP contribution in [-0.4, -0.2) is 37.4 Å². The van der Waals surface area contributed by atoms with Crippen LogP contribution < -0.4 is 24.8 Å². The number of hydrogen-bond acceptors (Lipinski definition) is 5. The molecule has 2 aliphatic heterocycles. The molecule has 1 unspecified atom stereocenters. The Morgan fingerprint density at radius 2 is 1.58 bits per heavy atom. The summed E-state index contributed by atoms with van der Waals surface area (Å²) in [6.07, 6.45) is 5.01. The van der Waals surface area contributed by atoms with Crippen LogP contribution in [0.2, 0.25) is 10.0 Å². The maximum Gasteiger partial charge on any atom is 0.319 e. The summed E-state index contributed by atoms with van der Waals surface area (Å²) in [6.45, 7) is 3.52. The number of nitrogens with zero attached hydrogens (tertiary/aromatic N) is 2. The summed E-state index contributed by atoms with van der Waals surface area (Å²) >= 11 is 12.2. The first-order valence-electron chi connectivity index (χ1n) is 14.3. The number of amides is 2. The zero-order valence-corrected chi connectivity index (χ0v) is 25.0. The van der Waals surface area contributed by atoms with E-state index in [4.69, 9.17) is 32.7 Å². The zero-order chi connectivity index (χ0) is 29.8. The van der Waals surface area contributed by atoms with Gasteiger partial charge in [-0.05, 0) is 84.4 Å². The van der Waals surface area contributed by atoms with Crippen molar-refractivity contribution in [2.45, 2.75) is 25.3 Å². The summed E-state index contributed by atoms with van der Waals surface area (Å²) in [5.41, 5.74) is 4.92. The third kappa shape index (κ3) is 7.33. The van der Waals surface area contributed by atoms with Crippen LogP contribution in [0.4, 0.5) is 10.5 Å². The first-order chi connectivity index (χ1) is 20.9. The Bertz CT molecular complexity index is 1560. The quantitative estimate of drug-likeness (QED) is 0.167. The average molecular weight is 620 g/mol. The van der Waals surface area contributed by atoms with Gasteiger partial charge in [-0.15, -0.1) is 0 Å². The second-order valence-corrected chi connectivity index (χ2v) is 11.8. The fourth-order valence-corrected chi connectivity index (χ4v) is 6.43. The van der Waals surface area contributed by atoms with E-state index in [-0.39, 0.29) is 18.7 Å². The van der Waals surface area contributed by atoms with E-state index in [1.54, 1.807) is 18.2 Å². The standard InChI is InChI=1S/C33H32Cl2N4O4/c34-27-16-28(35)18-29(17-27)37-33(40)36-19-30(25-4-2-23(3-5-25)24-9-13-39(41)14-10-24)26-7-11-38(12-8-26)20-22-1-6-31-32(15-22)43-21-42-31/h1-6,9-10,13-18,26,30H,7-8,11-12,19-21H2,(H2,36,37,40). The number of carbonyl (C=O) groups excluding carboxylic acids is 1. The van der Waals surface area contributed by atoms with Gasteiger partial charge in [0.2, 0.25) is 6.79 Å². The maximum absolute atomic E-state index is 12.9. The van der Waals surface area contributed by atoms with E-state index in [0.29, 0.717) is 28.2 Å². The number of nitrogens with one attached hydrogen (secondary N) is 2. The van der Waals surface area contributed by atoms with Crippen molar-refractivity contribution in [1.29, 1.82) is 0 Å². The highest BCUT2D eigenvalue weighted by atomic mass is 35.5. The number of benzene rings is 3.